The number of rotatable bonds is 8. The van der Waals surface area contributed by atoms with E-state index in [9.17, 15) is 9.59 Å². The van der Waals surface area contributed by atoms with Crippen LogP contribution in [-0.2, 0) is 19.1 Å². The van der Waals surface area contributed by atoms with Crippen molar-refractivity contribution in [3.63, 3.8) is 0 Å². The number of carbonyl (C=O) groups is 2. The van der Waals surface area contributed by atoms with Crippen LogP contribution in [0.1, 0.15) is 72.6 Å². The van der Waals surface area contributed by atoms with E-state index >= 15 is 0 Å². The summed E-state index contributed by atoms with van der Waals surface area (Å²) in [6, 6.07) is 0. The molecule has 1 fully saturated rings. The van der Waals surface area contributed by atoms with Gasteiger partial charge in [0.15, 0.2) is 0 Å². The van der Waals surface area contributed by atoms with Gasteiger partial charge in [0.2, 0.25) is 0 Å². The summed E-state index contributed by atoms with van der Waals surface area (Å²) < 4.78 is 10.6. The Kier molecular flexibility index (Phi) is 8.51. The summed E-state index contributed by atoms with van der Waals surface area (Å²) in [5, 5.41) is 0. The molecule has 0 spiro atoms. The molecule has 128 valence electrons. The van der Waals surface area contributed by atoms with E-state index in [1.807, 2.05) is 13.8 Å². The highest BCUT2D eigenvalue weighted by Gasteiger charge is 2.33. The van der Waals surface area contributed by atoms with Crippen LogP contribution in [0.5, 0.6) is 0 Å². The monoisotopic (exact) mass is 312 g/mol. The normalized spacial score (nSPS) is 21.9. The fourth-order valence-electron chi connectivity index (χ4n) is 2.89. The molecule has 0 aromatic carbocycles. The molecular formula is C18H32O4. The summed E-state index contributed by atoms with van der Waals surface area (Å²) >= 11 is 0. The SMILES string of the molecule is CC(C)CCCCOC(=O)C1CCCC(C(=O)OC(C)C)C1. The lowest BCUT2D eigenvalue weighted by Gasteiger charge is -2.27. The Morgan fingerprint density at radius 3 is 2.23 bits per heavy atom. The van der Waals surface area contributed by atoms with Crippen molar-refractivity contribution in [2.45, 2.75) is 78.7 Å². The second kappa shape index (κ2) is 9.86. The van der Waals surface area contributed by atoms with Gasteiger partial charge < -0.3 is 9.47 Å². The number of carbonyl (C=O) groups excluding carboxylic acids is 2. The van der Waals surface area contributed by atoms with Gasteiger partial charge in [0.1, 0.15) is 0 Å². The van der Waals surface area contributed by atoms with E-state index in [2.05, 4.69) is 13.8 Å². The predicted molar refractivity (Wildman–Crippen MR) is 86.3 cm³/mol. The fourth-order valence-corrected chi connectivity index (χ4v) is 2.89. The molecule has 0 bridgehead atoms. The lowest BCUT2D eigenvalue weighted by atomic mass is 9.81. The maximum Gasteiger partial charge on any atom is 0.309 e. The van der Waals surface area contributed by atoms with Crippen molar-refractivity contribution in [3.8, 4) is 0 Å². The van der Waals surface area contributed by atoms with Gasteiger partial charge in [-0.15, -0.1) is 0 Å². The Bertz CT molecular complexity index is 349. The minimum Gasteiger partial charge on any atom is -0.465 e. The van der Waals surface area contributed by atoms with Crippen molar-refractivity contribution in [1.29, 1.82) is 0 Å². The average Bonchev–Trinajstić information content (AvgIpc) is 2.45. The van der Waals surface area contributed by atoms with Gasteiger partial charge >= 0.3 is 11.9 Å². The quantitative estimate of drug-likeness (QED) is 0.500. The molecule has 0 radical (unpaired) electrons. The first-order chi connectivity index (χ1) is 10.4. The van der Waals surface area contributed by atoms with E-state index in [-0.39, 0.29) is 29.9 Å². The molecule has 22 heavy (non-hydrogen) atoms. The topological polar surface area (TPSA) is 52.6 Å². The molecule has 0 N–H and O–H groups in total. The molecule has 0 heterocycles. The summed E-state index contributed by atoms with van der Waals surface area (Å²) in [6.45, 7) is 8.60. The van der Waals surface area contributed by atoms with Gasteiger partial charge in [-0.25, -0.2) is 0 Å². The molecule has 1 rings (SSSR count). The third-order valence-electron chi connectivity index (χ3n) is 4.11. The summed E-state index contributed by atoms with van der Waals surface area (Å²) in [4.78, 5) is 24.1. The van der Waals surface area contributed by atoms with Crippen molar-refractivity contribution < 1.29 is 19.1 Å². The van der Waals surface area contributed by atoms with Crippen molar-refractivity contribution in [3.05, 3.63) is 0 Å². The Morgan fingerprint density at radius 1 is 1.00 bits per heavy atom. The van der Waals surface area contributed by atoms with Crippen LogP contribution >= 0.6 is 0 Å². The Labute approximate surface area is 134 Å². The zero-order valence-electron chi connectivity index (χ0n) is 14.6. The fraction of sp³-hybridized carbons (Fsp3) is 0.889. The molecule has 1 saturated carbocycles. The first-order valence-electron chi connectivity index (χ1n) is 8.77. The smallest absolute Gasteiger partial charge is 0.309 e. The molecular weight excluding hydrogens is 280 g/mol. The van der Waals surface area contributed by atoms with Crippen LogP contribution in [0.25, 0.3) is 0 Å². The second-order valence-electron chi connectivity index (χ2n) is 7.10. The van der Waals surface area contributed by atoms with Crippen molar-refractivity contribution >= 4 is 11.9 Å². The molecule has 0 saturated heterocycles. The average molecular weight is 312 g/mol. The van der Waals surface area contributed by atoms with E-state index in [0.717, 1.165) is 32.1 Å². The van der Waals surface area contributed by atoms with Crippen LogP contribution in [0.15, 0.2) is 0 Å². The van der Waals surface area contributed by atoms with Gasteiger partial charge in [0.25, 0.3) is 0 Å². The molecule has 2 atom stereocenters. The van der Waals surface area contributed by atoms with Crippen molar-refractivity contribution in [2.75, 3.05) is 6.61 Å². The minimum atomic E-state index is -0.163. The molecule has 0 amide bonds. The zero-order valence-corrected chi connectivity index (χ0v) is 14.6. The van der Waals surface area contributed by atoms with E-state index in [1.165, 1.54) is 6.42 Å². The van der Waals surface area contributed by atoms with Gasteiger partial charge in [-0.3, -0.25) is 9.59 Å². The van der Waals surface area contributed by atoms with E-state index in [1.54, 1.807) is 0 Å². The molecule has 4 heteroatoms. The van der Waals surface area contributed by atoms with Gasteiger partial charge in [-0.05, 0) is 51.9 Å². The predicted octanol–water partition coefficient (Wildman–Crippen LogP) is 4.11. The maximum atomic E-state index is 12.1. The molecule has 1 aliphatic carbocycles. The summed E-state index contributed by atoms with van der Waals surface area (Å²) in [5.74, 6) is 0.121. The third-order valence-corrected chi connectivity index (χ3v) is 4.11. The van der Waals surface area contributed by atoms with E-state index in [0.29, 0.717) is 18.9 Å². The minimum absolute atomic E-state index is 0.0965. The standard InChI is InChI=1S/C18H32O4/c1-13(2)8-5-6-11-21-17(19)15-9-7-10-16(12-15)18(20)22-14(3)4/h13-16H,5-12H2,1-4H3. The molecule has 0 aromatic heterocycles. The number of ether oxygens (including phenoxy) is 2. The van der Waals surface area contributed by atoms with E-state index in [4.69, 9.17) is 9.47 Å². The van der Waals surface area contributed by atoms with Gasteiger partial charge in [0, 0.05) is 0 Å². The van der Waals surface area contributed by atoms with Gasteiger partial charge in [-0.1, -0.05) is 26.7 Å². The van der Waals surface area contributed by atoms with Crippen LogP contribution < -0.4 is 0 Å². The molecule has 1 aliphatic rings. The Hall–Kier alpha value is -1.06. The number of unbranched alkanes of at least 4 members (excludes halogenated alkanes) is 1. The van der Waals surface area contributed by atoms with E-state index < -0.39 is 0 Å². The van der Waals surface area contributed by atoms with Crippen LogP contribution in [0.4, 0.5) is 0 Å². The van der Waals surface area contributed by atoms with Crippen LogP contribution in [0.2, 0.25) is 0 Å². The number of hydrogen-bond acceptors (Lipinski definition) is 4. The molecule has 4 nitrogen and oxygen atoms in total. The third kappa shape index (κ3) is 7.28. The number of esters is 2. The van der Waals surface area contributed by atoms with Crippen LogP contribution in [-0.4, -0.2) is 24.6 Å². The Morgan fingerprint density at radius 2 is 1.64 bits per heavy atom. The first-order valence-corrected chi connectivity index (χ1v) is 8.77. The summed E-state index contributed by atoms with van der Waals surface area (Å²) in [6.07, 6.45) is 6.22. The molecule has 2 unspecified atom stereocenters. The first kappa shape index (κ1) is 19.0. The Balaban J connectivity index is 2.28. The van der Waals surface area contributed by atoms with Crippen molar-refractivity contribution in [2.24, 2.45) is 17.8 Å². The molecule has 0 aliphatic heterocycles. The summed E-state index contributed by atoms with van der Waals surface area (Å²) in [5.41, 5.74) is 0. The summed E-state index contributed by atoms with van der Waals surface area (Å²) in [7, 11) is 0. The van der Waals surface area contributed by atoms with Gasteiger partial charge in [-0.2, -0.15) is 0 Å². The lowest BCUT2D eigenvalue weighted by Crippen LogP contribution is -2.30. The highest BCUT2D eigenvalue weighted by Crippen LogP contribution is 2.31. The lowest BCUT2D eigenvalue weighted by molar-refractivity contribution is -0.157. The maximum absolute atomic E-state index is 12.1. The largest absolute Gasteiger partial charge is 0.465 e. The zero-order chi connectivity index (χ0) is 16.5. The van der Waals surface area contributed by atoms with Crippen molar-refractivity contribution in [1.82, 2.24) is 0 Å². The number of hydrogen-bond donors (Lipinski definition) is 0. The van der Waals surface area contributed by atoms with Gasteiger partial charge in [0.05, 0.1) is 24.5 Å². The highest BCUT2D eigenvalue weighted by atomic mass is 16.5. The molecule has 0 aromatic rings. The highest BCUT2D eigenvalue weighted by molar-refractivity contribution is 5.76. The van der Waals surface area contributed by atoms with Crippen LogP contribution in [0, 0.1) is 17.8 Å². The van der Waals surface area contributed by atoms with Crippen LogP contribution in [0.3, 0.4) is 0 Å². The second-order valence-corrected chi connectivity index (χ2v) is 7.10.